The van der Waals surface area contributed by atoms with E-state index in [0.29, 0.717) is 16.9 Å². The van der Waals surface area contributed by atoms with E-state index in [4.69, 9.17) is 5.11 Å². The van der Waals surface area contributed by atoms with Crippen LogP contribution in [0.15, 0.2) is 54.6 Å². The molecule has 3 amide bonds. The first-order chi connectivity index (χ1) is 12.9. The Hall–Kier alpha value is -3.13. The molecule has 0 spiro atoms. The van der Waals surface area contributed by atoms with Gasteiger partial charge in [-0.1, -0.05) is 30.3 Å². The number of nitrogens with one attached hydrogen (secondary N) is 1. The predicted molar refractivity (Wildman–Crippen MR) is 102 cm³/mol. The number of thioether (sulfide) groups is 1. The van der Waals surface area contributed by atoms with Gasteiger partial charge in [0.15, 0.2) is 0 Å². The topological polar surface area (TPSA) is 104 Å². The van der Waals surface area contributed by atoms with Crippen LogP contribution in [0.25, 0.3) is 0 Å². The van der Waals surface area contributed by atoms with Gasteiger partial charge >= 0.3 is 5.97 Å². The number of benzene rings is 2. The van der Waals surface area contributed by atoms with E-state index >= 15 is 0 Å². The van der Waals surface area contributed by atoms with Crippen LogP contribution in [0.4, 0.5) is 16.2 Å². The van der Waals surface area contributed by atoms with E-state index in [1.807, 2.05) is 0 Å². The average Bonchev–Trinajstić information content (AvgIpc) is 2.90. The molecule has 3 rings (SSSR count). The van der Waals surface area contributed by atoms with E-state index < -0.39 is 28.3 Å². The molecule has 0 saturated carbocycles. The van der Waals surface area contributed by atoms with Gasteiger partial charge in [-0.25, -0.2) is 4.90 Å². The van der Waals surface area contributed by atoms with Gasteiger partial charge in [0.05, 0.1) is 12.1 Å². The Kier molecular flexibility index (Phi) is 5.56. The van der Waals surface area contributed by atoms with E-state index in [1.165, 1.54) is 0 Å². The second-order valence-corrected chi connectivity index (χ2v) is 7.06. The molecule has 7 nitrogen and oxygen atoms in total. The Morgan fingerprint density at radius 3 is 2.33 bits per heavy atom. The van der Waals surface area contributed by atoms with Crippen molar-refractivity contribution in [1.29, 1.82) is 0 Å². The number of rotatable bonds is 6. The first-order valence-corrected chi connectivity index (χ1v) is 9.02. The van der Waals surface area contributed by atoms with Gasteiger partial charge in [0.25, 0.3) is 5.24 Å². The number of imide groups is 1. The van der Waals surface area contributed by atoms with Crippen molar-refractivity contribution in [3.8, 4) is 0 Å². The van der Waals surface area contributed by atoms with Gasteiger partial charge in [-0.2, -0.15) is 0 Å². The number of aliphatic carboxylic acids is 1. The summed E-state index contributed by atoms with van der Waals surface area (Å²) in [4.78, 5) is 48.6. The summed E-state index contributed by atoms with van der Waals surface area (Å²) in [7, 11) is 0. The summed E-state index contributed by atoms with van der Waals surface area (Å²) in [5.41, 5.74) is 1.60. The minimum Gasteiger partial charge on any atom is -0.481 e. The molecule has 2 N–H and O–H groups in total. The number of para-hydroxylation sites is 1. The molecule has 1 saturated heterocycles. The maximum atomic E-state index is 12.5. The van der Waals surface area contributed by atoms with Crippen LogP contribution >= 0.6 is 11.8 Å². The highest BCUT2D eigenvalue weighted by Gasteiger charge is 2.41. The predicted octanol–water partition coefficient (Wildman–Crippen LogP) is 2.91. The van der Waals surface area contributed by atoms with Crippen molar-refractivity contribution in [2.75, 3.05) is 10.2 Å². The third-order valence-corrected chi connectivity index (χ3v) is 4.94. The van der Waals surface area contributed by atoms with Crippen molar-refractivity contribution in [2.45, 2.75) is 18.1 Å². The highest BCUT2D eigenvalue weighted by atomic mass is 32.2. The minimum atomic E-state index is -0.934. The standard InChI is InChI=1S/C19H16N2O5S/c22-16(20-13-8-6-12(7-9-13)10-17(23)24)11-15-18(25)21(19(26)27-15)14-4-2-1-3-5-14/h1-9,15H,10-11H2,(H,20,22)(H,23,24). The second-order valence-electron chi connectivity index (χ2n) is 5.90. The number of amides is 3. The number of carboxylic acid groups (broad SMARTS) is 1. The van der Waals surface area contributed by atoms with Crippen LogP contribution in [-0.4, -0.2) is 33.4 Å². The summed E-state index contributed by atoms with van der Waals surface area (Å²) in [6.07, 6.45) is -0.228. The zero-order valence-corrected chi connectivity index (χ0v) is 14.9. The third kappa shape index (κ3) is 4.53. The van der Waals surface area contributed by atoms with Crippen LogP contribution in [0.1, 0.15) is 12.0 Å². The SMILES string of the molecule is O=C(O)Cc1ccc(NC(=O)CC2SC(=O)N(c3ccccc3)C2=O)cc1. The lowest BCUT2D eigenvalue weighted by molar-refractivity contribution is -0.136. The van der Waals surface area contributed by atoms with Gasteiger partial charge in [-0.15, -0.1) is 0 Å². The molecule has 1 aliphatic heterocycles. The minimum absolute atomic E-state index is 0.0983. The molecule has 0 aromatic heterocycles. The van der Waals surface area contributed by atoms with E-state index in [9.17, 15) is 19.2 Å². The zero-order valence-electron chi connectivity index (χ0n) is 14.1. The lowest BCUT2D eigenvalue weighted by atomic mass is 10.1. The number of carboxylic acids is 1. The molecule has 0 radical (unpaired) electrons. The monoisotopic (exact) mass is 384 g/mol. The van der Waals surface area contributed by atoms with E-state index in [2.05, 4.69) is 5.32 Å². The molecule has 8 heteroatoms. The first-order valence-electron chi connectivity index (χ1n) is 8.14. The summed E-state index contributed by atoms with van der Waals surface area (Å²) >= 11 is 0.836. The third-order valence-electron chi connectivity index (χ3n) is 3.90. The van der Waals surface area contributed by atoms with E-state index in [0.717, 1.165) is 16.7 Å². The number of carbonyl (C=O) groups is 4. The lowest BCUT2D eigenvalue weighted by Crippen LogP contribution is -2.32. The molecule has 1 fully saturated rings. The largest absolute Gasteiger partial charge is 0.481 e. The smallest absolute Gasteiger partial charge is 0.307 e. The molecule has 1 heterocycles. The van der Waals surface area contributed by atoms with Crippen LogP contribution in [0.5, 0.6) is 0 Å². The van der Waals surface area contributed by atoms with Crippen LogP contribution < -0.4 is 10.2 Å². The molecule has 0 aliphatic carbocycles. The molecule has 1 atom stereocenters. The fraction of sp³-hybridized carbons (Fsp3) is 0.158. The van der Waals surface area contributed by atoms with Gasteiger partial charge in [-0.05, 0) is 41.6 Å². The molecular formula is C19H16N2O5S. The van der Waals surface area contributed by atoms with Crippen molar-refractivity contribution < 1.29 is 24.3 Å². The summed E-state index contributed by atoms with van der Waals surface area (Å²) in [5, 5.41) is 10.2. The number of hydrogen-bond donors (Lipinski definition) is 2. The van der Waals surface area contributed by atoms with Crippen LogP contribution in [0.3, 0.4) is 0 Å². The maximum absolute atomic E-state index is 12.5. The number of nitrogens with zero attached hydrogens (tertiary/aromatic N) is 1. The van der Waals surface area contributed by atoms with Crippen molar-refractivity contribution in [1.82, 2.24) is 0 Å². The van der Waals surface area contributed by atoms with Crippen molar-refractivity contribution in [3.05, 3.63) is 60.2 Å². The Morgan fingerprint density at radius 2 is 1.70 bits per heavy atom. The molecule has 2 aromatic carbocycles. The molecule has 0 bridgehead atoms. The van der Waals surface area contributed by atoms with Crippen LogP contribution in [0, 0.1) is 0 Å². The summed E-state index contributed by atoms with van der Waals surface area (Å²) in [5.74, 6) is -1.74. The van der Waals surface area contributed by atoms with Crippen LogP contribution in [0.2, 0.25) is 0 Å². The van der Waals surface area contributed by atoms with E-state index in [1.54, 1.807) is 54.6 Å². The summed E-state index contributed by atoms with van der Waals surface area (Å²) in [6.45, 7) is 0. The Bertz CT molecular complexity index is 883. The van der Waals surface area contributed by atoms with Gasteiger partial charge in [0.1, 0.15) is 5.25 Å². The summed E-state index contributed by atoms with van der Waals surface area (Å²) in [6, 6.07) is 15.0. The maximum Gasteiger partial charge on any atom is 0.307 e. The lowest BCUT2D eigenvalue weighted by Gasteiger charge is -2.13. The summed E-state index contributed by atoms with van der Waals surface area (Å²) < 4.78 is 0. The molecule has 1 aliphatic rings. The molecule has 2 aromatic rings. The molecule has 138 valence electrons. The van der Waals surface area contributed by atoms with Gasteiger partial charge in [0.2, 0.25) is 11.8 Å². The second kappa shape index (κ2) is 8.05. The zero-order chi connectivity index (χ0) is 19.4. The van der Waals surface area contributed by atoms with Gasteiger partial charge < -0.3 is 10.4 Å². The van der Waals surface area contributed by atoms with Crippen LogP contribution in [-0.2, 0) is 20.8 Å². The van der Waals surface area contributed by atoms with Gasteiger partial charge in [0, 0.05) is 12.1 Å². The van der Waals surface area contributed by atoms with Gasteiger partial charge in [-0.3, -0.25) is 19.2 Å². The number of anilines is 2. The molecule has 27 heavy (non-hydrogen) atoms. The first kappa shape index (κ1) is 18.7. The highest BCUT2D eigenvalue weighted by Crippen LogP contribution is 2.33. The Morgan fingerprint density at radius 1 is 1.04 bits per heavy atom. The van der Waals surface area contributed by atoms with Crippen molar-refractivity contribution >= 4 is 46.2 Å². The quantitative estimate of drug-likeness (QED) is 0.794. The fourth-order valence-corrected chi connectivity index (χ4v) is 3.64. The fourth-order valence-electron chi connectivity index (χ4n) is 2.66. The highest BCUT2D eigenvalue weighted by molar-refractivity contribution is 8.15. The van der Waals surface area contributed by atoms with Crippen molar-refractivity contribution in [2.24, 2.45) is 0 Å². The number of carbonyl (C=O) groups excluding carboxylic acids is 3. The number of hydrogen-bond acceptors (Lipinski definition) is 5. The molecular weight excluding hydrogens is 368 g/mol. The average molecular weight is 384 g/mol. The van der Waals surface area contributed by atoms with Crippen molar-refractivity contribution in [3.63, 3.8) is 0 Å². The Labute approximate surface area is 159 Å². The molecule has 1 unspecified atom stereocenters. The normalized spacial score (nSPS) is 16.4. The van der Waals surface area contributed by atoms with E-state index in [-0.39, 0.29) is 12.8 Å². The Balaban J connectivity index is 1.60.